The van der Waals surface area contributed by atoms with Gasteiger partial charge in [-0.3, -0.25) is 9.89 Å². The summed E-state index contributed by atoms with van der Waals surface area (Å²) >= 11 is 0. The van der Waals surface area contributed by atoms with Crippen molar-refractivity contribution in [2.24, 2.45) is 4.99 Å². The molecule has 1 atom stereocenters. The molecule has 176 valence electrons. The SMILES string of the molecule is CN=C(NCCN1CCS(=O)(=O)CC1)N1CCOC(c2cccc(C(F)(F)F)c2)C1.I. The van der Waals surface area contributed by atoms with Crippen LogP contribution in [0.2, 0.25) is 0 Å². The summed E-state index contributed by atoms with van der Waals surface area (Å²) in [6.45, 7) is 3.69. The van der Waals surface area contributed by atoms with Crippen LogP contribution < -0.4 is 5.32 Å². The van der Waals surface area contributed by atoms with Crippen molar-refractivity contribution in [3.63, 3.8) is 0 Å². The minimum absolute atomic E-state index is 0. The number of hydrogen-bond acceptors (Lipinski definition) is 5. The quantitative estimate of drug-likeness (QED) is 0.336. The van der Waals surface area contributed by atoms with Gasteiger partial charge in [0.05, 0.1) is 30.2 Å². The molecule has 0 saturated carbocycles. The van der Waals surface area contributed by atoms with Crippen molar-refractivity contribution in [3.8, 4) is 0 Å². The molecule has 3 rings (SSSR count). The van der Waals surface area contributed by atoms with Crippen LogP contribution in [0.5, 0.6) is 0 Å². The fourth-order valence-corrected chi connectivity index (χ4v) is 4.87. The lowest BCUT2D eigenvalue weighted by molar-refractivity contribution is -0.137. The molecule has 2 aliphatic heterocycles. The minimum Gasteiger partial charge on any atom is -0.370 e. The predicted octanol–water partition coefficient (Wildman–Crippen LogP) is 2.00. The Kier molecular flexibility index (Phi) is 9.40. The zero-order valence-corrected chi connectivity index (χ0v) is 20.4. The number of aliphatic imine (C=N–C) groups is 1. The molecular weight excluding hydrogens is 548 g/mol. The van der Waals surface area contributed by atoms with Gasteiger partial charge >= 0.3 is 6.18 Å². The van der Waals surface area contributed by atoms with Crippen molar-refractivity contribution in [3.05, 3.63) is 35.4 Å². The molecule has 0 radical (unpaired) electrons. The molecule has 2 saturated heterocycles. The van der Waals surface area contributed by atoms with Gasteiger partial charge in [-0.2, -0.15) is 13.2 Å². The van der Waals surface area contributed by atoms with Crippen molar-refractivity contribution < 1.29 is 26.3 Å². The van der Waals surface area contributed by atoms with Crippen molar-refractivity contribution in [2.75, 3.05) is 64.4 Å². The number of guanidine groups is 1. The van der Waals surface area contributed by atoms with E-state index >= 15 is 0 Å². The van der Waals surface area contributed by atoms with Gasteiger partial charge in [0.2, 0.25) is 0 Å². The van der Waals surface area contributed by atoms with E-state index in [1.807, 2.05) is 4.90 Å². The maximum Gasteiger partial charge on any atom is 0.416 e. The average molecular weight is 576 g/mol. The number of alkyl halides is 3. The Labute approximate surface area is 198 Å². The summed E-state index contributed by atoms with van der Waals surface area (Å²) in [6, 6.07) is 5.22. The summed E-state index contributed by atoms with van der Waals surface area (Å²) in [7, 11) is -1.24. The lowest BCUT2D eigenvalue weighted by atomic mass is 10.0. The van der Waals surface area contributed by atoms with E-state index in [0.29, 0.717) is 57.4 Å². The highest BCUT2D eigenvalue weighted by Crippen LogP contribution is 2.32. The summed E-state index contributed by atoms with van der Waals surface area (Å²) in [5.74, 6) is 1.02. The first-order valence-corrected chi connectivity index (χ1v) is 11.7. The van der Waals surface area contributed by atoms with Crippen molar-refractivity contribution >= 4 is 39.8 Å². The second-order valence-corrected chi connectivity index (χ2v) is 9.70. The standard InChI is InChI=1S/C19H27F3N4O3S.HI/c1-23-18(24-5-6-25-8-11-30(27,28)12-9-25)26-7-10-29-17(14-26)15-3-2-4-16(13-15)19(20,21)22;/h2-4,13,17H,5-12,14H2,1H3,(H,23,24);1H. The monoisotopic (exact) mass is 576 g/mol. The molecule has 12 heteroatoms. The van der Waals surface area contributed by atoms with E-state index in [-0.39, 0.29) is 35.5 Å². The van der Waals surface area contributed by atoms with Crippen LogP contribution in [0.1, 0.15) is 17.2 Å². The number of sulfone groups is 1. The molecule has 2 heterocycles. The third kappa shape index (κ3) is 7.46. The Balaban J connectivity index is 0.00000341. The number of rotatable bonds is 4. The number of benzene rings is 1. The number of hydrogen-bond donors (Lipinski definition) is 1. The Morgan fingerprint density at radius 3 is 2.61 bits per heavy atom. The van der Waals surface area contributed by atoms with Gasteiger partial charge in [0.25, 0.3) is 0 Å². The topological polar surface area (TPSA) is 74.2 Å². The van der Waals surface area contributed by atoms with Gasteiger partial charge in [-0.15, -0.1) is 24.0 Å². The fraction of sp³-hybridized carbons (Fsp3) is 0.632. The molecular formula is C19H28F3IN4O3S. The zero-order valence-electron chi connectivity index (χ0n) is 17.3. The normalized spacial score (nSPS) is 22.6. The highest BCUT2D eigenvalue weighted by Gasteiger charge is 2.32. The second kappa shape index (κ2) is 11.1. The Bertz CT molecular complexity index is 853. The Morgan fingerprint density at radius 2 is 1.97 bits per heavy atom. The van der Waals surface area contributed by atoms with Crippen LogP contribution in [-0.2, 0) is 20.8 Å². The summed E-state index contributed by atoms with van der Waals surface area (Å²) < 4.78 is 67.8. The van der Waals surface area contributed by atoms with Crippen LogP contribution in [0.3, 0.4) is 0 Å². The molecule has 31 heavy (non-hydrogen) atoms. The number of morpholine rings is 1. The highest BCUT2D eigenvalue weighted by atomic mass is 127. The molecule has 2 fully saturated rings. The molecule has 1 unspecified atom stereocenters. The third-order valence-electron chi connectivity index (χ3n) is 5.31. The van der Waals surface area contributed by atoms with Crippen molar-refractivity contribution in [2.45, 2.75) is 12.3 Å². The van der Waals surface area contributed by atoms with Crippen molar-refractivity contribution in [1.29, 1.82) is 0 Å². The molecule has 7 nitrogen and oxygen atoms in total. The lowest BCUT2D eigenvalue weighted by Crippen LogP contribution is -2.50. The first-order valence-electron chi connectivity index (χ1n) is 9.85. The van der Waals surface area contributed by atoms with Crippen LogP contribution in [0.25, 0.3) is 0 Å². The van der Waals surface area contributed by atoms with Crippen LogP contribution in [-0.4, -0.2) is 88.6 Å². The van der Waals surface area contributed by atoms with Gasteiger partial charge < -0.3 is 15.0 Å². The maximum atomic E-state index is 13.0. The lowest BCUT2D eigenvalue weighted by Gasteiger charge is -2.36. The third-order valence-corrected chi connectivity index (χ3v) is 6.92. The van der Waals surface area contributed by atoms with Gasteiger partial charge in [0, 0.05) is 39.8 Å². The first-order chi connectivity index (χ1) is 14.2. The summed E-state index contributed by atoms with van der Waals surface area (Å²) in [6.07, 6.45) is -4.87. The molecule has 0 spiro atoms. The van der Waals surface area contributed by atoms with Crippen LogP contribution in [0, 0.1) is 0 Å². The molecule has 0 aliphatic carbocycles. The number of halogens is 4. The predicted molar refractivity (Wildman–Crippen MR) is 124 cm³/mol. The van der Waals surface area contributed by atoms with Gasteiger partial charge in [-0.25, -0.2) is 8.42 Å². The summed E-state index contributed by atoms with van der Waals surface area (Å²) in [4.78, 5) is 8.34. The fourth-order valence-electron chi connectivity index (χ4n) is 3.59. The molecule has 1 aromatic rings. The van der Waals surface area contributed by atoms with Gasteiger partial charge in [-0.05, 0) is 17.7 Å². The van der Waals surface area contributed by atoms with Gasteiger partial charge in [0.1, 0.15) is 6.10 Å². The van der Waals surface area contributed by atoms with E-state index in [9.17, 15) is 21.6 Å². The van der Waals surface area contributed by atoms with Gasteiger partial charge in [-0.1, -0.05) is 12.1 Å². The molecule has 1 N–H and O–H groups in total. The number of nitrogens with one attached hydrogen (secondary N) is 1. The molecule has 0 aromatic heterocycles. The summed E-state index contributed by atoms with van der Waals surface area (Å²) in [5, 5.41) is 3.26. The number of nitrogens with zero attached hydrogens (tertiary/aromatic N) is 3. The molecule has 0 bridgehead atoms. The van der Waals surface area contributed by atoms with Crippen LogP contribution in [0.4, 0.5) is 13.2 Å². The maximum absolute atomic E-state index is 13.0. The summed E-state index contributed by atoms with van der Waals surface area (Å²) in [5.41, 5.74) is -0.203. The van der Waals surface area contributed by atoms with E-state index in [1.165, 1.54) is 6.07 Å². The van der Waals surface area contributed by atoms with Crippen LogP contribution in [0.15, 0.2) is 29.3 Å². The Morgan fingerprint density at radius 1 is 1.26 bits per heavy atom. The van der Waals surface area contributed by atoms with Gasteiger partial charge in [0.15, 0.2) is 15.8 Å². The second-order valence-electron chi connectivity index (χ2n) is 7.40. The average Bonchev–Trinajstić information content (AvgIpc) is 2.72. The highest BCUT2D eigenvalue weighted by molar-refractivity contribution is 14.0. The smallest absolute Gasteiger partial charge is 0.370 e. The minimum atomic E-state index is -4.39. The van der Waals surface area contributed by atoms with Crippen molar-refractivity contribution in [1.82, 2.24) is 15.1 Å². The largest absolute Gasteiger partial charge is 0.416 e. The molecule has 1 aromatic carbocycles. The Hall–Kier alpha value is -1.12. The van der Waals surface area contributed by atoms with Crippen LogP contribution >= 0.6 is 24.0 Å². The molecule has 0 amide bonds. The first kappa shape index (κ1) is 26.1. The van der Waals surface area contributed by atoms with E-state index in [0.717, 1.165) is 12.1 Å². The van der Waals surface area contributed by atoms with E-state index in [2.05, 4.69) is 15.2 Å². The van der Waals surface area contributed by atoms with E-state index in [1.54, 1.807) is 13.1 Å². The molecule has 2 aliphatic rings. The van der Waals surface area contributed by atoms with E-state index in [4.69, 9.17) is 4.74 Å². The number of ether oxygens (including phenoxy) is 1. The zero-order chi connectivity index (χ0) is 21.8. The van der Waals surface area contributed by atoms with E-state index < -0.39 is 27.7 Å².